The maximum Gasteiger partial charge on any atom is 0.271 e. The molecule has 0 bridgehead atoms. The average Bonchev–Trinajstić information content (AvgIpc) is 2.82. The van der Waals surface area contributed by atoms with Crippen molar-refractivity contribution in [2.45, 2.75) is 20.8 Å². The standard InChI is InChI=1S/C25H27N3O4/c1-4-30-21-15-20(16-22(31-5-2)24(21)32-6-3)25(29)28-27-23(18-11-8-7-9-12-18)19-13-10-14-26-17-19/h7-17H,4-6H2,1-3H3,(H,28,29). The summed E-state index contributed by atoms with van der Waals surface area (Å²) in [5.74, 6) is 0.985. The van der Waals surface area contributed by atoms with Crippen molar-refractivity contribution in [3.8, 4) is 17.2 Å². The van der Waals surface area contributed by atoms with E-state index in [2.05, 4.69) is 15.5 Å². The zero-order chi connectivity index (χ0) is 22.8. The van der Waals surface area contributed by atoms with Crippen molar-refractivity contribution in [1.29, 1.82) is 0 Å². The Balaban J connectivity index is 1.96. The lowest BCUT2D eigenvalue weighted by Gasteiger charge is -2.16. The molecule has 0 aliphatic rings. The summed E-state index contributed by atoms with van der Waals surface area (Å²) >= 11 is 0. The molecule has 3 aromatic rings. The molecule has 3 rings (SSSR count). The molecular weight excluding hydrogens is 406 g/mol. The van der Waals surface area contributed by atoms with E-state index in [9.17, 15) is 4.79 Å². The van der Waals surface area contributed by atoms with E-state index in [-0.39, 0.29) is 0 Å². The van der Waals surface area contributed by atoms with E-state index in [1.807, 2.05) is 63.2 Å². The zero-order valence-corrected chi connectivity index (χ0v) is 18.5. The van der Waals surface area contributed by atoms with Crippen LogP contribution >= 0.6 is 0 Å². The fourth-order valence-electron chi connectivity index (χ4n) is 3.09. The van der Waals surface area contributed by atoms with Gasteiger partial charge in [0.25, 0.3) is 5.91 Å². The van der Waals surface area contributed by atoms with E-state index in [0.29, 0.717) is 48.3 Å². The van der Waals surface area contributed by atoms with Gasteiger partial charge >= 0.3 is 0 Å². The number of hydrogen-bond donors (Lipinski definition) is 1. The van der Waals surface area contributed by atoms with E-state index < -0.39 is 5.91 Å². The Morgan fingerprint density at radius 1 is 0.844 bits per heavy atom. The lowest BCUT2D eigenvalue weighted by atomic mass is 10.0. The summed E-state index contributed by atoms with van der Waals surface area (Å²) in [6, 6.07) is 16.6. The smallest absolute Gasteiger partial charge is 0.271 e. The second kappa shape index (κ2) is 11.5. The fraction of sp³-hybridized carbons (Fsp3) is 0.240. The summed E-state index contributed by atoms with van der Waals surface area (Å²) in [5.41, 5.74) is 5.26. The van der Waals surface area contributed by atoms with Crippen LogP contribution < -0.4 is 19.6 Å². The van der Waals surface area contributed by atoms with Crippen LogP contribution in [0.3, 0.4) is 0 Å². The van der Waals surface area contributed by atoms with Crippen LogP contribution in [0.25, 0.3) is 0 Å². The predicted octanol–water partition coefficient (Wildman–Crippen LogP) is 4.46. The molecule has 0 saturated heterocycles. The molecule has 7 nitrogen and oxygen atoms in total. The lowest BCUT2D eigenvalue weighted by Crippen LogP contribution is -2.21. The first-order valence-corrected chi connectivity index (χ1v) is 10.6. The monoisotopic (exact) mass is 433 g/mol. The van der Waals surface area contributed by atoms with Crippen molar-refractivity contribution < 1.29 is 19.0 Å². The number of nitrogens with one attached hydrogen (secondary N) is 1. The number of nitrogens with zero attached hydrogens (tertiary/aromatic N) is 2. The highest BCUT2D eigenvalue weighted by molar-refractivity contribution is 6.13. The van der Waals surface area contributed by atoms with E-state index in [4.69, 9.17) is 14.2 Å². The third-order valence-corrected chi connectivity index (χ3v) is 4.42. The molecule has 0 spiro atoms. The van der Waals surface area contributed by atoms with Gasteiger partial charge in [-0.1, -0.05) is 30.3 Å². The van der Waals surface area contributed by atoms with Crippen molar-refractivity contribution in [2.24, 2.45) is 5.10 Å². The van der Waals surface area contributed by atoms with E-state index in [1.165, 1.54) is 0 Å². The predicted molar refractivity (Wildman–Crippen MR) is 124 cm³/mol. The fourth-order valence-corrected chi connectivity index (χ4v) is 3.09. The van der Waals surface area contributed by atoms with Gasteiger partial charge < -0.3 is 14.2 Å². The summed E-state index contributed by atoms with van der Waals surface area (Å²) in [6.45, 7) is 6.91. The summed E-state index contributed by atoms with van der Waals surface area (Å²) in [7, 11) is 0. The first-order chi connectivity index (χ1) is 15.7. The molecule has 1 amide bonds. The second-order valence-corrected chi connectivity index (χ2v) is 6.61. The van der Waals surface area contributed by atoms with Crippen molar-refractivity contribution in [1.82, 2.24) is 10.4 Å². The number of ether oxygens (including phenoxy) is 3. The zero-order valence-electron chi connectivity index (χ0n) is 18.5. The number of amides is 1. The molecule has 2 aromatic carbocycles. The minimum absolute atomic E-state index is 0.350. The SMILES string of the molecule is CCOc1cc(C(=O)NN=C(c2ccccc2)c2cccnc2)cc(OCC)c1OCC. The second-order valence-electron chi connectivity index (χ2n) is 6.61. The first-order valence-electron chi connectivity index (χ1n) is 10.6. The highest BCUT2D eigenvalue weighted by Gasteiger charge is 2.18. The van der Waals surface area contributed by atoms with Crippen LogP contribution in [0, 0.1) is 0 Å². The van der Waals surface area contributed by atoms with E-state index >= 15 is 0 Å². The number of hydrogen-bond acceptors (Lipinski definition) is 6. The molecule has 1 N–H and O–H groups in total. The average molecular weight is 434 g/mol. The molecule has 0 aliphatic heterocycles. The van der Waals surface area contributed by atoms with Gasteiger partial charge in [-0.25, -0.2) is 5.43 Å². The van der Waals surface area contributed by atoms with Crippen molar-refractivity contribution >= 4 is 11.6 Å². The van der Waals surface area contributed by atoms with Crippen LogP contribution in [-0.4, -0.2) is 36.4 Å². The number of aromatic nitrogens is 1. The van der Waals surface area contributed by atoms with E-state index in [0.717, 1.165) is 11.1 Å². The number of benzene rings is 2. The summed E-state index contributed by atoms with van der Waals surface area (Å²) < 4.78 is 17.1. The maximum atomic E-state index is 13.0. The van der Waals surface area contributed by atoms with Gasteiger partial charge in [-0.2, -0.15) is 5.10 Å². The molecule has 0 fully saturated rings. The highest BCUT2D eigenvalue weighted by atomic mass is 16.5. The Morgan fingerprint density at radius 3 is 2.03 bits per heavy atom. The van der Waals surface area contributed by atoms with Crippen LogP contribution in [0.1, 0.15) is 42.3 Å². The van der Waals surface area contributed by atoms with Crippen LogP contribution in [-0.2, 0) is 0 Å². The number of rotatable bonds is 10. The minimum atomic E-state index is -0.396. The molecule has 1 heterocycles. The number of carbonyl (C=O) groups excluding carboxylic acids is 1. The van der Waals surface area contributed by atoms with Crippen LogP contribution in [0.2, 0.25) is 0 Å². The normalized spacial score (nSPS) is 11.0. The highest BCUT2D eigenvalue weighted by Crippen LogP contribution is 2.39. The van der Waals surface area contributed by atoms with Gasteiger partial charge in [-0.3, -0.25) is 9.78 Å². The van der Waals surface area contributed by atoms with Gasteiger partial charge in [0.1, 0.15) is 0 Å². The molecular formula is C25H27N3O4. The minimum Gasteiger partial charge on any atom is -0.490 e. The Labute approximate surface area is 188 Å². The maximum absolute atomic E-state index is 13.0. The van der Waals surface area contributed by atoms with Gasteiger partial charge in [0.15, 0.2) is 11.5 Å². The third kappa shape index (κ3) is 5.63. The van der Waals surface area contributed by atoms with Gasteiger partial charge in [0.05, 0.1) is 25.5 Å². The Morgan fingerprint density at radius 2 is 1.47 bits per heavy atom. The molecule has 0 aliphatic carbocycles. The van der Waals surface area contributed by atoms with Crippen LogP contribution in [0.15, 0.2) is 72.1 Å². The molecule has 166 valence electrons. The van der Waals surface area contributed by atoms with Gasteiger partial charge in [0, 0.05) is 29.1 Å². The number of carbonyl (C=O) groups is 1. The molecule has 7 heteroatoms. The van der Waals surface area contributed by atoms with Crippen molar-refractivity contribution in [2.75, 3.05) is 19.8 Å². The Hall–Kier alpha value is -3.87. The third-order valence-electron chi connectivity index (χ3n) is 4.42. The molecule has 0 atom stereocenters. The molecule has 0 radical (unpaired) electrons. The largest absolute Gasteiger partial charge is 0.490 e. The Bertz CT molecular complexity index is 985. The number of hydrazone groups is 1. The molecule has 1 aromatic heterocycles. The Kier molecular flexibility index (Phi) is 8.20. The molecule has 0 unspecified atom stereocenters. The summed E-state index contributed by atoms with van der Waals surface area (Å²) in [5, 5.41) is 4.41. The van der Waals surface area contributed by atoms with E-state index in [1.54, 1.807) is 24.5 Å². The van der Waals surface area contributed by atoms with Gasteiger partial charge in [-0.05, 0) is 45.0 Å². The van der Waals surface area contributed by atoms with Gasteiger partial charge in [-0.15, -0.1) is 0 Å². The molecule has 32 heavy (non-hydrogen) atoms. The van der Waals surface area contributed by atoms with Crippen LogP contribution in [0.5, 0.6) is 17.2 Å². The lowest BCUT2D eigenvalue weighted by molar-refractivity contribution is 0.0953. The topological polar surface area (TPSA) is 82.0 Å². The number of pyridine rings is 1. The van der Waals surface area contributed by atoms with Gasteiger partial charge in [0.2, 0.25) is 5.75 Å². The van der Waals surface area contributed by atoms with Crippen molar-refractivity contribution in [3.05, 3.63) is 83.7 Å². The van der Waals surface area contributed by atoms with Crippen LogP contribution in [0.4, 0.5) is 0 Å². The molecule has 0 saturated carbocycles. The summed E-state index contributed by atoms with van der Waals surface area (Å²) in [4.78, 5) is 17.2. The summed E-state index contributed by atoms with van der Waals surface area (Å²) in [6.07, 6.45) is 3.39. The van der Waals surface area contributed by atoms with Crippen molar-refractivity contribution in [3.63, 3.8) is 0 Å². The first kappa shape index (κ1) is 22.8. The quantitative estimate of drug-likeness (QED) is 0.377.